The van der Waals surface area contributed by atoms with Crippen molar-refractivity contribution in [1.82, 2.24) is 5.43 Å². The first-order valence-electron chi connectivity index (χ1n) is 7.87. The Morgan fingerprint density at radius 3 is 2.52 bits per heavy atom. The fraction of sp³-hybridized carbons (Fsp3) is 0.471. The Hall–Kier alpha value is -1.82. The summed E-state index contributed by atoms with van der Waals surface area (Å²) in [6.45, 7) is 5.70. The van der Waals surface area contributed by atoms with Gasteiger partial charge in [0.15, 0.2) is 5.17 Å². The lowest BCUT2D eigenvalue weighted by atomic mass is 9.95. The van der Waals surface area contributed by atoms with Crippen LogP contribution in [0.5, 0.6) is 0 Å². The van der Waals surface area contributed by atoms with Crippen LogP contribution in [0, 0.1) is 5.41 Å². The minimum absolute atomic E-state index is 0.0124. The number of carbonyl (C=O) groups is 1. The molecule has 0 saturated heterocycles. The van der Waals surface area contributed by atoms with Crippen LogP contribution in [0.4, 0.5) is 5.69 Å². The van der Waals surface area contributed by atoms with E-state index in [1.807, 2.05) is 45.0 Å². The number of amidine groups is 1. The Morgan fingerprint density at radius 2 is 2.00 bits per heavy atom. The first kappa shape index (κ1) is 16.1. The molecule has 2 N–H and O–H groups in total. The number of benzene rings is 1. The van der Waals surface area contributed by atoms with Crippen molar-refractivity contribution in [2.75, 3.05) is 11.1 Å². The number of carbonyl (C=O) groups excluding carboxylic acids is 1. The zero-order valence-corrected chi connectivity index (χ0v) is 14.5. The van der Waals surface area contributed by atoms with Crippen LogP contribution in [0.25, 0.3) is 0 Å². The molecule has 0 radical (unpaired) electrons. The third-order valence-electron chi connectivity index (χ3n) is 3.64. The monoisotopic (exact) mass is 330 g/mol. The van der Waals surface area contributed by atoms with Crippen molar-refractivity contribution in [3.63, 3.8) is 0 Å². The number of nitrogens with one attached hydrogen (secondary N) is 2. The van der Waals surface area contributed by atoms with Crippen LogP contribution in [0.1, 0.15) is 39.2 Å². The maximum Gasteiger partial charge on any atom is 0.229 e. The second-order valence-electron chi connectivity index (χ2n) is 6.91. The highest BCUT2D eigenvalue weighted by atomic mass is 32.2. The number of nitrogens with zero attached hydrogens (tertiary/aromatic N) is 2. The number of hydrogen-bond acceptors (Lipinski definition) is 4. The maximum atomic E-state index is 12.0. The fourth-order valence-corrected chi connectivity index (χ4v) is 2.80. The van der Waals surface area contributed by atoms with Crippen LogP contribution in [0.3, 0.4) is 0 Å². The molecule has 3 rings (SSSR count). The lowest BCUT2D eigenvalue weighted by Gasteiger charge is -2.18. The van der Waals surface area contributed by atoms with Gasteiger partial charge in [-0.3, -0.25) is 15.2 Å². The molecule has 2 aliphatic rings. The molecule has 0 spiro atoms. The van der Waals surface area contributed by atoms with E-state index >= 15 is 0 Å². The lowest BCUT2D eigenvalue weighted by molar-refractivity contribution is -0.123. The molecule has 1 aromatic rings. The van der Waals surface area contributed by atoms with E-state index in [-0.39, 0.29) is 5.91 Å². The number of hydrazone groups is 1. The quantitative estimate of drug-likeness (QED) is 0.894. The summed E-state index contributed by atoms with van der Waals surface area (Å²) in [4.78, 5) is 16.5. The summed E-state index contributed by atoms with van der Waals surface area (Å²) in [5, 5.41) is 8.27. The highest BCUT2D eigenvalue weighted by molar-refractivity contribution is 8.14. The SMILES string of the molecule is CC(C)(C)C(=O)Nc1ccc(C2=NNC(=NC3CC3)SC2)cc1. The maximum absolute atomic E-state index is 12.0. The minimum Gasteiger partial charge on any atom is -0.326 e. The molecule has 1 aromatic carbocycles. The Kier molecular flexibility index (Phi) is 4.43. The van der Waals surface area contributed by atoms with E-state index in [0.717, 1.165) is 27.9 Å². The molecule has 0 unspecified atom stereocenters. The third-order valence-corrected chi connectivity index (χ3v) is 4.52. The van der Waals surface area contributed by atoms with Gasteiger partial charge in [0, 0.05) is 16.9 Å². The van der Waals surface area contributed by atoms with Gasteiger partial charge in [-0.25, -0.2) is 0 Å². The first-order valence-corrected chi connectivity index (χ1v) is 8.85. The summed E-state index contributed by atoms with van der Waals surface area (Å²) in [7, 11) is 0. The number of rotatable bonds is 3. The summed E-state index contributed by atoms with van der Waals surface area (Å²) >= 11 is 1.69. The molecule has 0 aromatic heterocycles. The van der Waals surface area contributed by atoms with Crippen LogP contribution in [-0.2, 0) is 4.79 Å². The van der Waals surface area contributed by atoms with Gasteiger partial charge in [0.2, 0.25) is 5.91 Å². The number of thioether (sulfide) groups is 1. The van der Waals surface area contributed by atoms with Crippen molar-refractivity contribution in [2.45, 2.75) is 39.7 Å². The highest BCUT2D eigenvalue weighted by Gasteiger charge is 2.23. The predicted octanol–water partition coefficient (Wildman–Crippen LogP) is 3.23. The van der Waals surface area contributed by atoms with Crippen molar-refractivity contribution in [1.29, 1.82) is 0 Å². The molecule has 0 bridgehead atoms. The van der Waals surface area contributed by atoms with Gasteiger partial charge in [0.25, 0.3) is 0 Å². The van der Waals surface area contributed by atoms with E-state index in [2.05, 4.69) is 20.8 Å². The molecule has 1 aliphatic heterocycles. The average Bonchev–Trinajstić information content (AvgIpc) is 3.32. The standard InChI is InChI=1S/C17H22N4OS/c1-17(2,3)15(22)18-12-6-4-11(5-7-12)14-10-23-16(21-20-14)19-13-8-9-13/h4-7,13H,8-10H2,1-3H3,(H,18,22)(H,19,21). The van der Waals surface area contributed by atoms with Crippen molar-refractivity contribution < 1.29 is 4.79 Å². The number of anilines is 1. The van der Waals surface area contributed by atoms with Gasteiger partial charge < -0.3 is 5.32 Å². The Bertz CT molecular complexity index is 654. The lowest BCUT2D eigenvalue weighted by Crippen LogP contribution is -2.27. The topological polar surface area (TPSA) is 65.8 Å². The summed E-state index contributed by atoms with van der Waals surface area (Å²) < 4.78 is 0. The second-order valence-corrected chi connectivity index (χ2v) is 7.87. The van der Waals surface area contributed by atoms with Gasteiger partial charge in [-0.1, -0.05) is 44.7 Å². The van der Waals surface area contributed by atoms with Crippen LogP contribution < -0.4 is 10.7 Å². The molecule has 5 nitrogen and oxygen atoms in total. The zero-order valence-electron chi connectivity index (χ0n) is 13.7. The van der Waals surface area contributed by atoms with Gasteiger partial charge in [-0.2, -0.15) is 5.10 Å². The molecule has 1 heterocycles. The van der Waals surface area contributed by atoms with E-state index in [0.29, 0.717) is 6.04 Å². The number of amides is 1. The number of aliphatic imine (C=N–C) groups is 1. The van der Waals surface area contributed by atoms with Gasteiger partial charge in [-0.05, 0) is 30.5 Å². The Labute approximate surface area is 141 Å². The number of hydrogen-bond donors (Lipinski definition) is 2. The molecule has 6 heteroatoms. The summed E-state index contributed by atoms with van der Waals surface area (Å²) in [6, 6.07) is 8.32. The highest BCUT2D eigenvalue weighted by Crippen LogP contribution is 2.26. The molecule has 1 amide bonds. The van der Waals surface area contributed by atoms with Crippen molar-refractivity contribution in [3.05, 3.63) is 29.8 Å². The van der Waals surface area contributed by atoms with Crippen molar-refractivity contribution in [2.24, 2.45) is 15.5 Å². The largest absolute Gasteiger partial charge is 0.326 e. The molecule has 23 heavy (non-hydrogen) atoms. The Balaban J connectivity index is 1.63. The third kappa shape index (κ3) is 4.34. The van der Waals surface area contributed by atoms with Crippen LogP contribution in [0.2, 0.25) is 0 Å². The molecule has 122 valence electrons. The molecule has 1 fully saturated rings. The van der Waals surface area contributed by atoms with E-state index in [1.165, 1.54) is 12.8 Å². The van der Waals surface area contributed by atoms with E-state index in [9.17, 15) is 4.79 Å². The molecule has 1 aliphatic carbocycles. The average molecular weight is 330 g/mol. The smallest absolute Gasteiger partial charge is 0.229 e. The molecular formula is C17H22N4OS. The van der Waals surface area contributed by atoms with Gasteiger partial charge in [0.1, 0.15) is 0 Å². The Morgan fingerprint density at radius 1 is 1.30 bits per heavy atom. The summed E-state index contributed by atoms with van der Waals surface area (Å²) in [6.07, 6.45) is 2.40. The normalized spacial score (nSPS) is 20.0. The van der Waals surface area contributed by atoms with Gasteiger partial charge in [0.05, 0.1) is 11.8 Å². The van der Waals surface area contributed by atoms with E-state index in [1.54, 1.807) is 11.8 Å². The van der Waals surface area contributed by atoms with Crippen LogP contribution in [-0.4, -0.2) is 28.6 Å². The summed E-state index contributed by atoms with van der Waals surface area (Å²) in [5.41, 5.74) is 5.50. The van der Waals surface area contributed by atoms with Gasteiger partial charge >= 0.3 is 0 Å². The van der Waals surface area contributed by atoms with Gasteiger partial charge in [-0.15, -0.1) is 0 Å². The van der Waals surface area contributed by atoms with Crippen molar-refractivity contribution in [3.8, 4) is 0 Å². The molecule has 1 saturated carbocycles. The fourth-order valence-electron chi connectivity index (χ4n) is 1.96. The van der Waals surface area contributed by atoms with Crippen molar-refractivity contribution >= 4 is 34.2 Å². The molecular weight excluding hydrogens is 308 g/mol. The van der Waals surface area contributed by atoms with E-state index < -0.39 is 5.41 Å². The minimum atomic E-state index is -0.399. The van der Waals surface area contributed by atoms with E-state index in [4.69, 9.17) is 0 Å². The second kappa shape index (κ2) is 6.35. The predicted molar refractivity (Wildman–Crippen MR) is 97.1 cm³/mol. The van der Waals surface area contributed by atoms with Crippen LogP contribution in [0.15, 0.2) is 34.4 Å². The molecule has 0 atom stereocenters. The van der Waals surface area contributed by atoms with Crippen LogP contribution >= 0.6 is 11.8 Å². The summed E-state index contributed by atoms with van der Waals surface area (Å²) in [5.74, 6) is 0.824. The first-order chi connectivity index (χ1) is 10.9. The zero-order chi connectivity index (χ0) is 16.4.